The van der Waals surface area contributed by atoms with Gasteiger partial charge in [0, 0.05) is 49.7 Å². The van der Waals surface area contributed by atoms with Crippen LogP contribution in [0.3, 0.4) is 0 Å². The molecule has 0 N–H and O–H groups in total. The number of hydrogen-bond acceptors (Lipinski definition) is 8. The summed E-state index contributed by atoms with van der Waals surface area (Å²) >= 11 is 0. The Hall–Kier alpha value is -8.20. The predicted molar refractivity (Wildman–Crippen MR) is 218 cm³/mol. The van der Waals surface area contributed by atoms with Gasteiger partial charge in [-0.2, -0.15) is 10.5 Å². The maximum absolute atomic E-state index is 11.1. The minimum atomic E-state index is 0.415. The Labute approximate surface area is 322 Å². The summed E-state index contributed by atoms with van der Waals surface area (Å²) < 4.78 is 0. The smallest absolute Gasteiger partial charge is 0.164 e. The maximum atomic E-state index is 11.1. The topological polar surface area (TPSA) is 125 Å². The van der Waals surface area contributed by atoms with Crippen LogP contribution in [0.4, 0.5) is 0 Å². The molecule has 56 heavy (non-hydrogen) atoms. The van der Waals surface area contributed by atoms with Gasteiger partial charge in [-0.3, -0.25) is 0 Å². The zero-order chi connectivity index (χ0) is 37.8. The summed E-state index contributed by atoms with van der Waals surface area (Å²) in [6, 6.07) is 57.4. The highest BCUT2D eigenvalue weighted by Gasteiger charge is 2.27. The molecule has 0 saturated heterocycles. The van der Waals surface area contributed by atoms with E-state index in [9.17, 15) is 10.5 Å². The summed E-state index contributed by atoms with van der Waals surface area (Å²) in [5, 5.41) is 23.5. The lowest BCUT2D eigenvalue weighted by molar-refractivity contribution is 1.07. The highest BCUT2D eigenvalue weighted by atomic mass is 15.0. The average molecular weight is 717 g/mol. The molecule has 0 unspecified atom stereocenters. The van der Waals surface area contributed by atoms with Crippen LogP contribution in [0.15, 0.2) is 170 Å². The number of benzene rings is 7. The van der Waals surface area contributed by atoms with E-state index in [1.54, 1.807) is 0 Å². The van der Waals surface area contributed by atoms with Gasteiger partial charge < -0.3 is 0 Å². The van der Waals surface area contributed by atoms with Crippen LogP contribution in [0.25, 0.3) is 90.0 Å². The number of nitrogens with zero attached hydrogens (tertiary/aromatic N) is 8. The summed E-state index contributed by atoms with van der Waals surface area (Å²) in [6.45, 7) is 0. The molecular weight excluding hydrogens is 689 g/mol. The SMILES string of the molecule is N#Cc1c(-c2ccccc2-c2ncnc(-c3ccccc3)n2)c(-c2ccccc2-c2nc(-c3ccccc3)nc(-c3ccccc3)n2)c(C#N)c2ccccc12. The van der Waals surface area contributed by atoms with Gasteiger partial charge in [-0.15, -0.1) is 0 Å². The Balaban J connectivity index is 1.35. The molecule has 9 rings (SSSR count). The Morgan fingerprint density at radius 3 is 1.12 bits per heavy atom. The van der Waals surface area contributed by atoms with Gasteiger partial charge in [0.2, 0.25) is 0 Å². The van der Waals surface area contributed by atoms with E-state index in [2.05, 4.69) is 22.1 Å². The first-order valence-electron chi connectivity index (χ1n) is 17.9. The zero-order valence-electron chi connectivity index (χ0n) is 29.7. The van der Waals surface area contributed by atoms with E-state index >= 15 is 0 Å². The van der Waals surface area contributed by atoms with Crippen LogP contribution < -0.4 is 0 Å². The monoisotopic (exact) mass is 716 g/mol. The van der Waals surface area contributed by atoms with E-state index in [-0.39, 0.29) is 0 Å². The van der Waals surface area contributed by atoms with Gasteiger partial charge in [0.1, 0.15) is 18.5 Å². The lowest BCUT2D eigenvalue weighted by Gasteiger charge is -2.21. The minimum absolute atomic E-state index is 0.415. The van der Waals surface area contributed by atoms with Crippen molar-refractivity contribution in [2.45, 2.75) is 0 Å². The molecule has 9 aromatic rings. The van der Waals surface area contributed by atoms with Gasteiger partial charge in [-0.25, -0.2) is 29.9 Å². The van der Waals surface area contributed by atoms with Crippen LogP contribution in [-0.2, 0) is 0 Å². The van der Waals surface area contributed by atoms with Gasteiger partial charge in [-0.05, 0) is 11.1 Å². The van der Waals surface area contributed by atoms with E-state index < -0.39 is 0 Å². The Kier molecular flexibility index (Phi) is 8.81. The Morgan fingerprint density at radius 1 is 0.321 bits per heavy atom. The zero-order valence-corrected chi connectivity index (χ0v) is 29.7. The third kappa shape index (κ3) is 6.10. The molecule has 0 fully saturated rings. The Morgan fingerprint density at radius 2 is 0.661 bits per heavy atom. The molecule has 0 aliphatic rings. The van der Waals surface area contributed by atoms with Gasteiger partial charge in [0.25, 0.3) is 0 Å². The second-order valence-electron chi connectivity index (χ2n) is 12.9. The first kappa shape index (κ1) is 33.6. The van der Waals surface area contributed by atoms with Crippen molar-refractivity contribution in [3.63, 3.8) is 0 Å². The number of rotatable bonds is 7. The lowest BCUT2D eigenvalue weighted by Crippen LogP contribution is -2.03. The first-order chi connectivity index (χ1) is 27.7. The maximum Gasteiger partial charge on any atom is 0.164 e. The van der Waals surface area contributed by atoms with E-state index in [1.807, 2.05) is 164 Å². The first-order valence-corrected chi connectivity index (χ1v) is 17.9. The molecule has 0 atom stereocenters. The lowest BCUT2D eigenvalue weighted by atomic mass is 9.81. The third-order valence-electron chi connectivity index (χ3n) is 9.62. The summed E-state index contributed by atoms with van der Waals surface area (Å²) in [6.07, 6.45) is 1.50. The normalized spacial score (nSPS) is 10.8. The van der Waals surface area contributed by atoms with Crippen LogP contribution in [-0.4, -0.2) is 29.9 Å². The number of nitriles is 2. The molecule has 2 heterocycles. The summed E-state index contributed by atoms with van der Waals surface area (Å²) in [5.41, 5.74) is 7.22. The van der Waals surface area contributed by atoms with E-state index in [0.29, 0.717) is 84.4 Å². The van der Waals surface area contributed by atoms with Crippen molar-refractivity contribution in [2.24, 2.45) is 0 Å². The van der Waals surface area contributed by atoms with Gasteiger partial charge >= 0.3 is 0 Å². The van der Waals surface area contributed by atoms with Gasteiger partial charge in [0.15, 0.2) is 29.1 Å². The second-order valence-corrected chi connectivity index (χ2v) is 12.9. The van der Waals surface area contributed by atoms with Crippen molar-refractivity contribution in [2.75, 3.05) is 0 Å². The minimum Gasteiger partial charge on any atom is -0.217 e. The molecule has 7 aromatic carbocycles. The van der Waals surface area contributed by atoms with Gasteiger partial charge in [-0.1, -0.05) is 164 Å². The number of hydrogen-bond donors (Lipinski definition) is 0. The molecule has 0 amide bonds. The summed E-state index contributed by atoms with van der Waals surface area (Å²) in [7, 11) is 0. The molecule has 0 bridgehead atoms. The van der Waals surface area contributed by atoms with Crippen molar-refractivity contribution in [3.8, 4) is 91.3 Å². The average Bonchev–Trinajstić information content (AvgIpc) is 3.29. The fourth-order valence-electron chi connectivity index (χ4n) is 7.08. The number of fused-ring (bicyclic) bond motifs is 1. The molecule has 0 aliphatic heterocycles. The molecular formula is C48H28N8. The predicted octanol–water partition coefficient (Wildman–Crippen LogP) is 10.6. The molecule has 260 valence electrons. The van der Waals surface area contributed by atoms with Crippen LogP contribution in [0, 0.1) is 22.7 Å². The second kappa shape index (κ2) is 14.7. The van der Waals surface area contributed by atoms with Crippen molar-refractivity contribution >= 4 is 10.8 Å². The fraction of sp³-hybridized carbons (Fsp3) is 0. The number of aromatic nitrogens is 6. The van der Waals surface area contributed by atoms with Crippen molar-refractivity contribution in [1.29, 1.82) is 10.5 Å². The van der Waals surface area contributed by atoms with E-state index in [1.165, 1.54) is 6.33 Å². The molecule has 0 saturated carbocycles. The van der Waals surface area contributed by atoms with Crippen LogP contribution >= 0.6 is 0 Å². The summed E-state index contributed by atoms with van der Waals surface area (Å²) in [5.74, 6) is 2.40. The highest BCUT2D eigenvalue weighted by Crippen LogP contribution is 2.47. The largest absolute Gasteiger partial charge is 0.217 e. The van der Waals surface area contributed by atoms with Crippen LogP contribution in [0.5, 0.6) is 0 Å². The summed E-state index contributed by atoms with van der Waals surface area (Å²) in [4.78, 5) is 29.0. The van der Waals surface area contributed by atoms with Crippen molar-refractivity contribution in [1.82, 2.24) is 29.9 Å². The quantitative estimate of drug-likeness (QED) is 0.160. The highest BCUT2D eigenvalue weighted by molar-refractivity contribution is 6.09. The van der Waals surface area contributed by atoms with Crippen molar-refractivity contribution < 1.29 is 0 Å². The van der Waals surface area contributed by atoms with Crippen LogP contribution in [0.1, 0.15) is 11.1 Å². The standard InChI is InChI=1S/C48H28N8/c49-28-40-34-22-10-11-23-35(34)41(29-50)43(42(40)36-24-12-14-26-38(36)47-52-30-51-44(53-47)31-16-4-1-5-17-31)37-25-13-15-27-39(37)48-55-45(32-18-6-2-7-19-32)54-46(56-48)33-20-8-3-9-21-33/h1-27,30H. The molecule has 2 aromatic heterocycles. The molecule has 8 heteroatoms. The molecule has 0 spiro atoms. The third-order valence-corrected chi connectivity index (χ3v) is 9.62. The molecule has 0 aliphatic carbocycles. The Bertz CT molecular complexity index is 2930. The van der Waals surface area contributed by atoms with Crippen molar-refractivity contribution in [3.05, 3.63) is 181 Å². The van der Waals surface area contributed by atoms with Crippen LogP contribution in [0.2, 0.25) is 0 Å². The molecule has 0 radical (unpaired) electrons. The fourth-order valence-corrected chi connectivity index (χ4v) is 7.08. The van der Waals surface area contributed by atoms with E-state index in [0.717, 1.165) is 16.7 Å². The van der Waals surface area contributed by atoms with E-state index in [4.69, 9.17) is 19.9 Å². The molecule has 8 nitrogen and oxygen atoms in total. The van der Waals surface area contributed by atoms with Gasteiger partial charge in [0.05, 0.1) is 11.1 Å².